The van der Waals surface area contributed by atoms with E-state index in [0.29, 0.717) is 12.3 Å². The lowest BCUT2D eigenvalue weighted by atomic mass is 10.1. The van der Waals surface area contributed by atoms with Crippen LogP contribution in [0, 0.1) is 0 Å². The van der Waals surface area contributed by atoms with Gasteiger partial charge in [0.05, 0.1) is 18.5 Å². The van der Waals surface area contributed by atoms with Gasteiger partial charge in [0.25, 0.3) is 5.91 Å². The Kier molecular flexibility index (Phi) is 4.39. The molecule has 0 unspecified atom stereocenters. The van der Waals surface area contributed by atoms with Crippen molar-refractivity contribution in [1.82, 2.24) is 0 Å². The van der Waals surface area contributed by atoms with E-state index in [0.717, 1.165) is 40.3 Å². The first-order valence-electron chi connectivity index (χ1n) is 9.03. The normalized spacial score (nSPS) is 19.5. The smallest absolute Gasteiger partial charge is 0.279 e. The minimum Gasteiger partial charge on any atom is -0.493 e. The maximum absolute atomic E-state index is 12.4. The Morgan fingerprint density at radius 2 is 2.15 bits per heavy atom. The van der Waals surface area contributed by atoms with Crippen LogP contribution in [-0.2, 0) is 11.2 Å². The third-order valence-electron chi connectivity index (χ3n) is 4.71. The highest BCUT2D eigenvalue weighted by molar-refractivity contribution is 6.54. The van der Waals surface area contributed by atoms with Crippen molar-refractivity contribution in [1.29, 1.82) is 0 Å². The molecule has 0 fully saturated rings. The van der Waals surface area contributed by atoms with Crippen LogP contribution in [0.25, 0.3) is 0 Å². The molecule has 0 N–H and O–H groups in total. The summed E-state index contributed by atoms with van der Waals surface area (Å²) in [7, 11) is 1.74. The molecule has 6 heteroatoms. The van der Waals surface area contributed by atoms with Gasteiger partial charge in [-0.05, 0) is 32.0 Å². The van der Waals surface area contributed by atoms with Gasteiger partial charge in [0.1, 0.15) is 17.6 Å². The van der Waals surface area contributed by atoms with Crippen LogP contribution < -0.4 is 14.4 Å². The van der Waals surface area contributed by atoms with Crippen molar-refractivity contribution in [2.75, 3.05) is 18.6 Å². The zero-order valence-corrected chi connectivity index (χ0v) is 15.6. The Balaban J connectivity index is 1.67. The molecule has 1 amide bonds. The lowest BCUT2D eigenvalue weighted by Crippen LogP contribution is -2.25. The molecule has 0 aliphatic carbocycles. The molecule has 27 heavy (non-hydrogen) atoms. The van der Waals surface area contributed by atoms with E-state index >= 15 is 0 Å². The predicted molar refractivity (Wildman–Crippen MR) is 105 cm³/mol. The van der Waals surface area contributed by atoms with E-state index in [-0.39, 0.29) is 12.0 Å². The van der Waals surface area contributed by atoms with Crippen molar-refractivity contribution >= 4 is 23.5 Å². The minimum absolute atomic E-state index is 0.157. The Bertz CT molecular complexity index is 965. The standard InChI is InChI=1S/C21H21N3O3/c1-4-26-18-10-14-9-13(2)27-19(14)11-15(18)12-22-23-20-16-7-5-6-8-17(16)24(3)21(20)25/h5-8,10-13H,4,9H2,1-3H3/b22-12-,23-20+/t13-/m0/s1. The molecule has 138 valence electrons. The Labute approximate surface area is 158 Å². The van der Waals surface area contributed by atoms with Crippen molar-refractivity contribution in [3.63, 3.8) is 0 Å². The van der Waals surface area contributed by atoms with E-state index in [9.17, 15) is 4.79 Å². The number of nitrogens with zero attached hydrogens (tertiary/aromatic N) is 3. The van der Waals surface area contributed by atoms with Crippen molar-refractivity contribution in [3.05, 3.63) is 53.1 Å². The van der Waals surface area contributed by atoms with E-state index in [2.05, 4.69) is 10.2 Å². The summed E-state index contributed by atoms with van der Waals surface area (Å²) in [6.07, 6.45) is 2.64. The number of hydrogen-bond donors (Lipinski definition) is 0. The zero-order valence-electron chi connectivity index (χ0n) is 15.6. The molecule has 0 spiro atoms. The first kappa shape index (κ1) is 17.3. The summed E-state index contributed by atoms with van der Waals surface area (Å²) in [4.78, 5) is 14.0. The summed E-state index contributed by atoms with van der Waals surface area (Å²) < 4.78 is 11.6. The number of carbonyl (C=O) groups is 1. The molecule has 1 atom stereocenters. The lowest BCUT2D eigenvalue weighted by Gasteiger charge is -2.09. The monoisotopic (exact) mass is 363 g/mol. The largest absolute Gasteiger partial charge is 0.493 e. The number of hydrogen-bond acceptors (Lipinski definition) is 5. The van der Waals surface area contributed by atoms with Gasteiger partial charge in [-0.2, -0.15) is 5.10 Å². The van der Waals surface area contributed by atoms with Crippen LogP contribution in [0.5, 0.6) is 11.5 Å². The van der Waals surface area contributed by atoms with Crippen LogP contribution in [0.4, 0.5) is 5.69 Å². The van der Waals surface area contributed by atoms with Crippen molar-refractivity contribution in [2.45, 2.75) is 26.4 Å². The molecule has 2 heterocycles. The molecule has 2 aliphatic heterocycles. The number of benzene rings is 2. The maximum atomic E-state index is 12.4. The fourth-order valence-corrected chi connectivity index (χ4v) is 3.43. The third-order valence-corrected chi connectivity index (χ3v) is 4.71. The maximum Gasteiger partial charge on any atom is 0.279 e. The van der Waals surface area contributed by atoms with Gasteiger partial charge < -0.3 is 14.4 Å². The molecule has 4 rings (SSSR count). The molecule has 0 bridgehead atoms. The first-order chi connectivity index (χ1) is 13.1. The quantitative estimate of drug-likeness (QED) is 0.619. The molecule has 0 radical (unpaired) electrons. The fraction of sp³-hybridized carbons (Fsp3) is 0.286. The topological polar surface area (TPSA) is 63.5 Å². The number of amides is 1. The van der Waals surface area contributed by atoms with E-state index in [1.165, 1.54) is 0 Å². The summed E-state index contributed by atoms with van der Waals surface area (Å²) in [5.41, 5.74) is 3.88. The van der Waals surface area contributed by atoms with Crippen LogP contribution in [0.2, 0.25) is 0 Å². The third kappa shape index (κ3) is 3.07. The molecular weight excluding hydrogens is 342 g/mol. The second kappa shape index (κ2) is 6.87. The molecule has 0 saturated heterocycles. The Morgan fingerprint density at radius 3 is 2.96 bits per heavy atom. The zero-order chi connectivity index (χ0) is 19.0. The number of carbonyl (C=O) groups excluding carboxylic acids is 1. The molecule has 6 nitrogen and oxygen atoms in total. The fourth-order valence-electron chi connectivity index (χ4n) is 3.43. The number of likely N-dealkylation sites (N-methyl/N-ethyl adjacent to an activating group) is 1. The Morgan fingerprint density at radius 1 is 1.33 bits per heavy atom. The van der Waals surface area contributed by atoms with Crippen molar-refractivity contribution in [3.8, 4) is 11.5 Å². The van der Waals surface area contributed by atoms with Gasteiger partial charge in [0.2, 0.25) is 0 Å². The first-order valence-corrected chi connectivity index (χ1v) is 9.03. The molecule has 2 aromatic carbocycles. The van der Waals surface area contributed by atoms with Gasteiger partial charge >= 0.3 is 0 Å². The van der Waals surface area contributed by atoms with E-state index < -0.39 is 0 Å². The van der Waals surface area contributed by atoms with Gasteiger partial charge in [-0.25, -0.2) is 0 Å². The highest BCUT2D eigenvalue weighted by Crippen LogP contribution is 2.34. The summed E-state index contributed by atoms with van der Waals surface area (Å²) in [5.74, 6) is 1.43. The van der Waals surface area contributed by atoms with E-state index in [4.69, 9.17) is 9.47 Å². The number of ether oxygens (including phenoxy) is 2. The van der Waals surface area contributed by atoms with E-state index in [1.54, 1.807) is 18.2 Å². The second-order valence-electron chi connectivity index (χ2n) is 6.64. The molecule has 0 aromatic heterocycles. The lowest BCUT2D eigenvalue weighted by molar-refractivity contribution is -0.111. The second-order valence-corrected chi connectivity index (χ2v) is 6.64. The average molecular weight is 363 g/mol. The van der Waals surface area contributed by atoms with Gasteiger partial charge in [-0.15, -0.1) is 5.10 Å². The van der Waals surface area contributed by atoms with E-state index in [1.807, 2.05) is 50.2 Å². The van der Waals surface area contributed by atoms with Crippen molar-refractivity contribution in [2.24, 2.45) is 10.2 Å². The summed E-state index contributed by atoms with van der Waals surface area (Å²) in [5, 5.41) is 8.37. The Hall–Kier alpha value is -3.15. The number of para-hydroxylation sites is 1. The van der Waals surface area contributed by atoms with Crippen LogP contribution in [0.1, 0.15) is 30.5 Å². The van der Waals surface area contributed by atoms with Crippen LogP contribution >= 0.6 is 0 Å². The molecule has 2 aromatic rings. The summed E-state index contributed by atoms with van der Waals surface area (Å²) >= 11 is 0. The predicted octanol–water partition coefficient (Wildman–Crippen LogP) is 3.21. The number of fused-ring (bicyclic) bond motifs is 2. The SMILES string of the molecule is CCOc1cc2c(cc1/C=N\N=C1\C(=O)N(C)c3ccccc31)O[C@@H](C)C2. The molecule has 0 saturated carbocycles. The molecule has 2 aliphatic rings. The highest BCUT2D eigenvalue weighted by Gasteiger charge is 2.31. The van der Waals surface area contributed by atoms with Gasteiger partial charge in [0.15, 0.2) is 5.71 Å². The minimum atomic E-state index is -0.163. The van der Waals surface area contributed by atoms with Gasteiger partial charge in [0, 0.05) is 30.2 Å². The summed E-state index contributed by atoms with van der Waals surface area (Å²) in [6, 6.07) is 11.5. The van der Waals surface area contributed by atoms with Gasteiger partial charge in [-0.1, -0.05) is 18.2 Å². The van der Waals surface area contributed by atoms with Crippen LogP contribution in [-0.4, -0.2) is 37.6 Å². The van der Waals surface area contributed by atoms with Crippen LogP contribution in [0.15, 0.2) is 46.6 Å². The number of anilines is 1. The average Bonchev–Trinajstić information content (AvgIpc) is 3.13. The summed E-state index contributed by atoms with van der Waals surface area (Å²) in [6.45, 7) is 4.54. The van der Waals surface area contributed by atoms with Crippen molar-refractivity contribution < 1.29 is 14.3 Å². The van der Waals surface area contributed by atoms with Gasteiger partial charge in [-0.3, -0.25) is 4.79 Å². The number of rotatable bonds is 4. The van der Waals surface area contributed by atoms with Crippen LogP contribution in [0.3, 0.4) is 0 Å². The highest BCUT2D eigenvalue weighted by atomic mass is 16.5. The molecular formula is C21H21N3O3.